The van der Waals surface area contributed by atoms with E-state index in [0.29, 0.717) is 0 Å². The number of nitrogens with one attached hydrogen (secondary N) is 1. The van der Waals surface area contributed by atoms with Crippen LogP contribution in [-0.2, 0) is 0 Å². The van der Waals surface area contributed by atoms with Gasteiger partial charge in [0.05, 0.1) is 11.4 Å². The molecule has 2 aromatic rings. The number of nitrogens with zero attached hydrogens (tertiary/aromatic N) is 3. The zero-order valence-corrected chi connectivity index (χ0v) is 11.0. The number of aromatic nitrogens is 3. The average Bonchev–Trinajstić information content (AvgIpc) is 2.40. The van der Waals surface area contributed by atoms with Crippen LogP contribution in [0.2, 0.25) is 0 Å². The first kappa shape index (κ1) is 12.6. The molecule has 0 aliphatic heterocycles. The fourth-order valence-electron chi connectivity index (χ4n) is 2.03. The lowest BCUT2D eigenvalue weighted by Gasteiger charge is -2.20. The molecule has 0 saturated heterocycles. The molecule has 0 radical (unpaired) electrons. The van der Waals surface area contributed by atoms with E-state index in [-0.39, 0.29) is 12.1 Å². The highest BCUT2D eigenvalue weighted by Crippen LogP contribution is 2.18. The third-order valence-corrected chi connectivity index (χ3v) is 3.01. The van der Waals surface area contributed by atoms with Crippen LogP contribution in [0.3, 0.4) is 0 Å². The molecule has 2 rings (SSSR count). The van der Waals surface area contributed by atoms with E-state index >= 15 is 0 Å². The Balaban J connectivity index is 2.08. The van der Waals surface area contributed by atoms with Crippen molar-refractivity contribution in [2.75, 3.05) is 0 Å². The lowest BCUT2D eigenvalue weighted by atomic mass is 10.1. The van der Waals surface area contributed by atoms with Gasteiger partial charge in [-0.1, -0.05) is 6.07 Å². The van der Waals surface area contributed by atoms with Gasteiger partial charge in [-0.2, -0.15) is 0 Å². The van der Waals surface area contributed by atoms with Crippen LogP contribution >= 0.6 is 0 Å². The highest BCUT2D eigenvalue weighted by Gasteiger charge is 2.14. The molecule has 2 heterocycles. The molecule has 1 unspecified atom stereocenters. The summed E-state index contributed by atoms with van der Waals surface area (Å²) >= 11 is 0. The van der Waals surface area contributed by atoms with Gasteiger partial charge in [-0.3, -0.25) is 15.0 Å². The normalized spacial score (nSPS) is 14.2. The van der Waals surface area contributed by atoms with Crippen molar-refractivity contribution in [2.24, 2.45) is 0 Å². The van der Waals surface area contributed by atoms with E-state index in [1.165, 1.54) is 5.56 Å². The summed E-state index contributed by atoms with van der Waals surface area (Å²) in [5, 5.41) is 3.51. The van der Waals surface area contributed by atoms with E-state index in [0.717, 1.165) is 11.4 Å². The maximum absolute atomic E-state index is 4.38. The van der Waals surface area contributed by atoms with Crippen LogP contribution in [0.5, 0.6) is 0 Å². The fraction of sp³-hybridized carbons (Fsp3) is 0.357. The van der Waals surface area contributed by atoms with Crippen molar-refractivity contribution < 1.29 is 0 Å². The molecule has 18 heavy (non-hydrogen) atoms. The summed E-state index contributed by atoms with van der Waals surface area (Å²) in [5.74, 6) is 0. The first-order chi connectivity index (χ1) is 8.68. The fourth-order valence-corrected chi connectivity index (χ4v) is 2.03. The summed E-state index contributed by atoms with van der Waals surface area (Å²) in [4.78, 5) is 12.8. The Morgan fingerprint density at radius 2 is 1.83 bits per heavy atom. The number of pyridine rings is 1. The minimum absolute atomic E-state index is 0.161. The number of aryl methyl sites for hydroxylation is 1. The molecular formula is C14H18N4. The van der Waals surface area contributed by atoms with E-state index in [1.54, 1.807) is 18.6 Å². The van der Waals surface area contributed by atoms with Crippen molar-refractivity contribution in [1.29, 1.82) is 0 Å². The standard InChI is InChI=1S/C14H18N4/c1-10(13-5-4-6-15-9-13)18-12(3)14-11(2)16-7-8-17-14/h4-10,12,18H,1-3H3/t10-,12?/m0/s1. The van der Waals surface area contributed by atoms with Crippen molar-refractivity contribution in [3.8, 4) is 0 Å². The molecule has 2 atom stereocenters. The molecule has 94 valence electrons. The van der Waals surface area contributed by atoms with Crippen molar-refractivity contribution in [3.05, 3.63) is 53.9 Å². The third-order valence-electron chi connectivity index (χ3n) is 3.01. The zero-order valence-electron chi connectivity index (χ0n) is 11.0. The van der Waals surface area contributed by atoms with Gasteiger partial charge >= 0.3 is 0 Å². The number of rotatable bonds is 4. The molecule has 0 spiro atoms. The number of hydrogen-bond donors (Lipinski definition) is 1. The highest BCUT2D eigenvalue weighted by atomic mass is 15.0. The van der Waals surface area contributed by atoms with Gasteiger partial charge in [0.2, 0.25) is 0 Å². The minimum Gasteiger partial charge on any atom is -0.302 e. The van der Waals surface area contributed by atoms with Crippen molar-refractivity contribution in [1.82, 2.24) is 20.3 Å². The molecule has 0 fully saturated rings. The summed E-state index contributed by atoms with van der Waals surface area (Å²) < 4.78 is 0. The Bertz CT molecular complexity index is 498. The predicted octanol–water partition coefficient (Wildman–Crippen LogP) is 2.59. The van der Waals surface area contributed by atoms with Crippen LogP contribution in [0.15, 0.2) is 36.9 Å². The topological polar surface area (TPSA) is 50.7 Å². The Labute approximate surface area is 108 Å². The maximum atomic E-state index is 4.38. The molecule has 2 aromatic heterocycles. The highest BCUT2D eigenvalue weighted by molar-refractivity contribution is 5.16. The molecule has 4 nitrogen and oxygen atoms in total. The molecule has 4 heteroatoms. The van der Waals surface area contributed by atoms with E-state index in [2.05, 4.69) is 40.2 Å². The molecule has 0 aliphatic carbocycles. The van der Waals surface area contributed by atoms with Crippen molar-refractivity contribution >= 4 is 0 Å². The second kappa shape index (κ2) is 5.69. The quantitative estimate of drug-likeness (QED) is 0.895. The van der Waals surface area contributed by atoms with Crippen LogP contribution < -0.4 is 5.32 Å². The van der Waals surface area contributed by atoms with Gasteiger partial charge in [-0.25, -0.2) is 0 Å². The van der Waals surface area contributed by atoms with E-state index < -0.39 is 0 Å². The molecule has 0 saturated carbocycles. The lowest BCUT2D eigenvalue weighted by Crippen LogP contribution is -2.24. The summed E-state index contributed by atoms with van der Waals surface area (Å²) in [5.41, 5.74) is 3.13. The smallest absolute Gasteiger partial charge is 0.0782 e. The summed E-state index contributed by atoms with van der Waals surface area (Å²) in [6, 6.07) is 4.41. The van der Waals surface area contributed by atoms with Gasteiger partial charge in [0.25, 0.3) is 0 Å². The summed E-state index contributed by atoms with van der Waals surface area (Å²) in [6.45, 7) is 6.21. The van der Waals surface area contributed by atoms with Gasteiger partial charge < -0.3 is 5.32 Å². The molecule has 0 bridgehead atoms. The van der Waals surface area contributed by atoms with Crippen LogP contribution in [0, 0.1) is 6.92 Å². The monoisotopic (exact) mass is 242 g/mol. The van der Waals surface area contributed by atoms with Crippen LogP contribution in [0.4, 0.5) is 0 Å². The van der Waals surface area contributed by atoms with Crippen molar-refractivity contribution in [2.45, 2.75) is 32.9 Å². The summed E-state index contributed by atoms with van der Waals surface area (Å²) in [7, 11) is 0. The maximum Gasteiger partial charge on any atom is 0.0782 e. The van der Waals surface area contributed by atoms with E-state index in [9.17, 15) is 0 Å². The van der Waals surface area contributed by atoms with Gasteiger partial charge in [-0.05, 0) is 32.4 Å². The largest absolute Gasteiger partial charge is 0.302 e. The lowest BCUT2D eigenvalue weighted by molar-refractivity contribution is 0.482. The Kier molecular flexibility index (Phi) is 3.99. The first-order valence-corrected chi connectivity index (χ1v) is 6.12. The Hall–Kier alpha value is -1.81. The zero-order chi connectivity index (χ0) is 13.0. The molecular weight excluding hydrogens is 224 g/mol. The Morgan fingerprint density at radius 3 is 2.50 bits per heavy atom. The SMILES string of the molecule is Cc1nccnc1C(C)N[C@@H](C)c1cccnc1. The van der Waals surface area contributed by atoms with Crippen LogP contribution in [0.1, 0.15) is 42.9 Å². The van der Waals surface area contributed by atoms with Crippen LogP contribution in [0.25, 0.3) is 0 Å². The second-order valence-electron chi connectivity index (χ2n) is 4.42. The van der Waals surface area contributed by atoms with Gasteiger partial charge in [-0.15, -0.1) is 0 Å². The first-order valence-electron chi connectivity index (χ1n) is 6.12. The van der Waals surface area contributed by atoms with Gasteiger partial charge in [0.1, 0.15) is 0 Å². The van der Waals surface area contributed by atoms with E-state index in [1.807, 2.05) is 19.2 Å². The predicted molar refractivity (Wildman–Crippen MR) is 71.0 cm³/mol. The van der Waals surface area contributed by atoms with E-state index in [4.69, 9.17) is 0 Å². The molecule has 0 aromatic carbocycles. The Morgan fingerprint density at radius 1 is 1.06 bits per heavy atom. The second-order valence-corrected chi connectivity index (χ2v) is 4.42. The van der Waals surface area contributed by atoms with Crippen molar-refractivity contribution in [3.63, 3.8) is 0 Å². The molecule has 0 aliphatic rings. The third kappa shape index (κ3) is 2.90. The minimum atomic E-state index is 0.161. The molecule has 0 amide bonds. The summed E-state index contributed by atoms with van der Waals surface area (Å²) in [6.07, 6.45) is 7.12. The van der Waals surface area contributed by atoms with Crippen LogP contribution in [-0.4, -0.2) is 15.0 Å². The molecule has 1 N–H and O–H groups in total. The number of hydrogen-bond acceptors (Lipinski definition) is 4. The average molecular weight is 242 g/mol. The van der Waals surface area contributed by atoms with Gasteiger partial charge in [0, 0.05) is 36.9 Å². The van der Waals surface area contributed by atoms with Gasteiger partial charge in [0.15, 0.2) is 0 Å².